The molecule has 6 heterocycles. The second-order valence-corrected chi connectivity index (χ2v) is 26.8. The maximum atomic E-state index is 11.3. The zero-order chi connectivity index (χ0) is 104. The number of nitrogens with zero attached hydrogens (tertiary/aromatic N) is 6. The standard InChI is InChI=1S/C81H52N6Si2/c1-3-27-55(28-4-1)88(73-47-19-17-45-71(73)86-68-42-14-9-35-61(68)63-38-23-49-75(88)77(63)86)57-31-21-25-53(51-57)79-82-80(84-81(83-79)65-37-11-16-44-70(65)85-66-40-12-7-33-59(66)60-34-8-13-41-67(60)85)54-26-22-32-58(52-54)89(56-29-5-2-6-30-56)74-48-20-18-46-72(74)87-69-43-15-10-36-62(69)64-39-24-50-76(89)78(64)87/h1-52H/i1D,2D,3D,4D,5D,6D,7D,8D,9D,10D,11D,12D,13D,14D,15D,16D,17D,18D,19D,20D,21D,22D,23D,24D,25D,26D,27D,28D,29D,30D,31D,32D,33D,34D,35D,36D,37D,38D,39D,40D,41D,42D,43D,44D,45D,46D,47D,48D,49D,50D,51D,52D. The van der Waals surface area contributed by atoms with Gasteiger partial charge in [0.05, 0.1) is 110 Å². The number of benzene rings is 13. The minimum atomic E-state index is -6.83. The summed E-state index contributed by atoms with van der Waals surface area (Å²) in [6, 6.07) is -67.3. The van der Waals surface area contributed by atoms with Gasteiger partial charge in [-0.3, -0.25) is 0 Å². The highest BCUT2D eigenvalue weighted by Gasteiger charge is 2.49. The van der Waals surface area contributed by atoms with Crippen LogP contribution in [0.2, 0.25) is 0 Å². The lowest BCUT2D eigenvalue weighted by Gasteiger charge is -2.40. The number of para-hydroxylation sites is 9. The Hall–Kier alpha value is -11.3. The van der Waals surface area contributed by atoms with Gasteiger partial charge in [0.25, 0.3) is 0 Å². The van der Waals surface area contributed by atoms with Crippen molar-refractivity contribution in [3.8, 4) is 51.2 Å². The number of fused-ring (bicyclic) bond motifs is 13. The second-order valence-electron chi connectivity index (χ2n) is 19.8. The van der Waals surface area contributed by atoms with Gasteiger partial charge in [-0.2, -0.15) is 0 Å². The summed E-state index contributed by atoms with van der Waals surface area (Å²) in [7, 11) is -13.7. The van der Waals surface area contributed by atoms with Crippen molar-refractivity contribution in [3.05, 3.63) is 314 Å². The van der Waals surface area contributed by atoms with Crippen molar-refractivity contribution >= 4 is 123 Å². The van der Waals surface area contributed by atoms with Gasteiger partial charge in [0, 0.05) is 60.4 Å². The Labute approximate surface area is 588 Å². The van der Waals surface area contributed by atoms with Crippen molar-refractivity contribution in [3.63, 3.8) is 0 Å². The van der Waals surface area contributed by atoms with Crippen LogP contribution in [0.15, 0.2) is 314 Å². The molecule has 6 nitrogen and oxygen atoms in total. The van der Waals surface area contributed by atoms with E-state index >= 15 is 0 Å². The first-order valence-electron chi connectivity index (χ1n) is 52.4. The molecule has 2 atom stereocenters. The second kappa shape index (κ2) is 19.1. The summed E-state index contributed by atoms with van der Waals surface area (Å²) >= 11 is 0. The Morgan fingerprint density at radius 1 is 0.247 bits per heavy atom. The number of hydrogen-bond acceptors (Lipinski definition) is 3. The van der Waals surface area contributed by atoms with Crippen LogP contribution in [0.5, 0.6) is 0 Å². The molecule has 89 heavy (non-hydrogen) atoms. The average molecular weight is 1220 g/mol. The molecular formula is C81H52N6Si2. The summed E-state index contributed by atoms with van der Waals surface area (Å²) in [5.74, 6) is -4.65. The molecule has 2 unspecified atom stereocenters. The van der Waals surface area contributed by atoms with Gasteiger partial charge >= 0.3 is 0 Å². The fourth-order valence-electron chi connectivity index (χ4n) is 12.3. The molecule has 0 amide bonds. The van der Waals surface area contributed by atoms with Crippen molar-refractivity contribution in [2.45, 2.75) is 0 Å². The highest BCUT2D eigenvalue weighted by atomic mass is 28.3. The van der Waals surface area contributed by atoms with E-state index in [1.165, 1.54) is 0 Å². The molecule has 19 rings (SSSR count). The van der Waals surface area contributed by atoms with Crippen molar-refractivity contribution in [1.82, 2.24) is 28.7 Å². The van der Waals surface area contributed by atoms with E-state index in [1.54, 1.807) is 0 Å². The van der Waals surface area contributed by atoms with E-state index in [-0.39, 0.29) is 0 Å². The van der Waals surface area contributed by atoms with Crippen LogP contribution in [0.4, 0.5) is 0 Å². The van der Waals surface area contributed by atoms with E-state index < -0.39 is 488 Å². The Morgan fingerprint density at radius 3 is 1.04 bits per heavy atom. The van der Waals surface area contributed by atoms with Crippen LogP contribution in [-0.4, -0.2) is 44.8 Å². The third-order valence-electron chi connectivity index (χ3n) is 15.7. The van der Waals surface area contributed by atoms with E-state index in [9.17, 15) is 57.6 Å². The maximum absolute atomic E-state index is 11.3. The Bertz CT molecular complexity index is 8510. The van der Waals surface area contributed by atoms with Gasteiger partial charge in [0.15, 0.2) is 33.6 Å². The third-order valence-corrected chi connectivity index (χ3v) is 24.1. The predicted octanol–water partition coefficient (Wildman–Crippen LogP) is 13.5. The summed E-state index contributed by atoms with van der Waals surface area (Å²) in [5, 5.41) is -14.5. The van der Waals surface area contributed by atoms with Gasteiger partial charge in [-0.25, -0.2) is 15.0 Å². The average Bonchev–Trinajstić information content (AvgIpc) is 1.63. The van der Waals surface area contributed by atoms with Gasteiger partial charge in [-0.05, 0) is 89.8 Å². The van der Waals surface area contributed by atoms with E-state index in [1.807, 2.05) is 0 Å². The van der Waals surface area contributed by atoms with Crippen LogP contribution in [0.3, 0.4) is 0 Å². The first kappa shape index (κ1) is 21.0. The highest BCUT2D eigenvalue weighted by Crippen LogP contribution is 2.40. The molecule has 0 bridgehead atoms. The summed E-state index contributed by atoms with van der Waals surface area (Å²) < 4.78 is 510. The summed E-state index contributed by atoms with van der Waals surface area (Å²) in [6.45, 7) is 0. The Morgan fingerprint density at radius 2 is 0.573 bits per heavy atom. The zero-order valence-electron chi connectivity index (χ0n) is 96.2. The largest absolute Gasteiger partial charge is 0.309 e. The van der Waals surface area contributed by atoms with Crippen molar-refractivity contribution in [1.29, 1.82) is 0 Å². The molecule has 4 aromatic heterocycles. The fraction of sp³-hybridized carbons (Fsp3) is 0. The van der Waals surface area contributed by atoms with Gasteiger partial charge in [-0.1, -0.05) is 266 Å². The van der Waals surface area contributed by atoms with Crippen LogP contribution in [-0.2, 0) is 0 Å². The van der Waals surface area contributed by atoms with Gasteiger partial charge in [0.2, 0.25) is 0 Å². The fourth-order valence-corrected chi connectivity index (χ4v) is 20.6. The first-order valence-corrected chi connectivity index (χ1v) is 30.4. The lowest BCUT2D eigenvalue weighted by molar-refractivity contribution is 1.06. The van der Waals surface area contributed by atoms with Gasteiger partial charge in [0.1, 0.15) is 0 Å². The molecule has 2 aliphatic heterocycles. The van der Waals surface area contributed by atoms with Gasteiger partial charge < -0.3 is 13.7 Å². The lowest BCUT2D eigenvalue weighted by atomic mass is 10.1. The van der Waals surface area contributed by atoms with E-state index in [4.69, 9.17) is 13.7 Å². The van der Waals surface area contributed by atoms with Crippen molar-refractivity contribution in [2.75, 3.05) is 0 Å². The third kappa shape index (κ3) is 6.87. The molecular weight excluding hydrogens is 1110 g/mol. The monoisotopic (exact) mass is 1220 g/mol. The summed E-state index contributed by atoms with van der Waals surface area (Å²) in [6.07, 6.45) is 0. The van der Waals surface area contributed by atoms with Crippen molar-refractivity contribution in [2.24, 2.45) is 0 Å². The molecule has 0 aliphatic carbocycles. The van der Waals surface area contributed by atoms with Crippen LogP contribution in [0.1, 0.15) is 71.3 Å². The number of aromatic nitrogens is 6. The van der Waals surface area contributed by atoms with Crippen LogP contribution in [0, 0.1) is 0 Å². The van der Waals surface area contributed by atoms with Crippen molar-refractivity contribution < 1.29 is 71.3 Å². The van der Waals surface area contributed by atoms with Crippen LogP contribution < -0.4 is 41.5 Å². The molecule has 2 aliphatic rings. The molecule has 0 fully saturated rings. The van der Waals surface area contributed by atoms with Crippen LogP contribution in [0.25, 0.3) is 117 Å². The number of hydrogen-bond donors (Lipinski definition) is 0. The first-order chi connectivity index (χ1) is 65.8. The molecule has 0 radical (unpaired) electrons. The molecule has 0 saturated heterocycles. The highest BCUT2D eigenvalue weighted by molar-refractivity contribution is 7.22. The maximum Gasteiger partial charge on any atom is 0.184 e. The normalized spacial score (nSPS) is 23.9. The zero-order valence-corrected chi connectivity index (χ0v) is 46.2. The van der Waals surface area contributed by atoms with E-state index in [0.717, 1.165) is 9.13 Å². The quantitative estimate of drug-likeness (QED) is 0.143. The minimum absolute atomic E-state index is 0.502. The predicted molar refractivity (Wildman–Crippen MR) is 374 cm³/mol. The topological polar surface area (TPSA) is 53.5 Å². The van der Waals surface area contributed by atoms with E-state index in [0.29, 0.717) is 4.57 Å². The molecule has 0 spiro atoms. The van der Waals surface area contributed by atoms with E-state index in [2.05, 4.69) is 15.0 Å². The molecule has 0 saturated carbocycles. The van der Waals surface area contributed by atoms with Gasteiger partial charge in [-0.15, -0.1) is 0 Å². The molecule has 13 aromatic carbocycles. The Balaban J connectivity index is 1.09. The molecule has 414 valence electrons. The smallest absolute Gasteiger partial charge is 0.184 e. The van der Waals surface area contributed by atoms with Crippen LogP contribution >= 0.6 is 0 Å². The molecule has 0 N–H and O–H groups in total. The molecule has 17 aromatic rings. The lowest BCUT2D eigenvalue weighted by Crippen LogP contribution is -2.76. The SMILES string of the molecule is [2H]c1c([2H])c([2H])c([Si]2(c3c([2H])c([2H])c([2H])c(-c4nc(-c5c([2H])c([2H])c([2H])c([Si]6(c7c([2H])c([2H])c([2H])c([2H])c7[2H])c7c([2H])c([2H])c([2H])c([2H])c7-n7c8c([2H])c([2H])c([2H])c([2H])c8c8c([2H])c([2H])c([2H])c6c87)c5[2H])nc(-c5c([2H])c([2H])c([2H])c([2H])c5-n5c6c([2H])c([2H])c([2H])c([2H])c6c6c([2H])c([2H])c([2H])c([2H])c65)n4)c3[2H])c3c([2H])c([2H])c([2H])c([2H])c3-n3c4c([2H])c([2H])c([2H])c([2H])c4c4c([2H])c([2H])c([2H])c2c43)c([2H])c1[2H]. The summed E-state index contributed by atoms with van der Waals surface area (Å²) in [5.41, 5.74) is -12.9. The summed E-state index contributed by atoms with van der Waals surface area (Å²) in [4.78, 5) is 14.0. The molecule has 8 heteroatoms. The Kier molecular flexibility index (Phi) is 4.50. The minimum Gasteiger partial charge on any atom is -0.309 e. The number of rotatable bonds is 8.